The number of carbonyl (C=O) groups excluding carboxylic acids is 1. The number of non-ortho nitro benzene ring substituents is 1. The number of hydrogen-bond acceptors (Lipinski definition) is 6. The van der Waals surface area contributed by atoms with Crippen molar-refractivity contribution in [3.8, 4) is 11.4 Å². The van der Waals surface area contributed by atoms with Gasteiger partial charge < -0.3 is 9.42 Å². The fourth-order valence-corrected chi connectivity index (χ4v) is 2.48. The summed E-state index contributed by atoms with van der Waals surface area (Å²) >= 11 is 5.86. The lowest BCUT2D eigenvalue weighted by Gasteiger charge is -2.11. The molecule has 0 N–H and O–H groups in total. The molecule has 0 aliphatic heterocycles. The number of rotatable bonds is 6. The highest BCUT2D eigenvalue weighted by molar-refractivity contribution is 6.30. The molecule has 0 fully saturated rings. The van der Waals surface area contributed by atoms with Crippen LogP contribution in [-0.2, 0) is 11.3 Å². The maximum Gasteiger partial charge on any atom is 0.270 e. The van der Waals surface area contributed by atoms with Gasteiger partial charge in [0.25, 0.3) is 5.69 Å². The van der Waals surface area contributed by atoms with Crippen molar-refractivity contribution in [3.05, 3.63) is 81.2 Å². The van der Waals surface area contributed by atoms with E-state index in [0.717, 1.165) is 5.56 Å². The fraction of sp³-hybridized carbons (Fsp3) is 0.105. The zero-order valence-electron chi connectivity index (χ0n) is 14.8. The molecular weight excluding hydrogens is 384 g/mol. The Morgan fingerprint density at radius 1 is 1.29 bits per heavy atom. The minimum atomic E-state index is -0.487. The van der Waals surface area contributed by atoms with Gasteiger partial charge >= 0.3 is 0 Å². The van der Waals surface area contributed by atoms with Crippen molar-refractivity contribution >= 4 is 29.3 Å². The van der Waals surface area contributed by atoms with Crippen LogP contribution in [-0.4, -0.2) is 32.9 Å². The van der Waals surface area contributed by atoms with Crippen LogP contribution in [0.5, 0.6) is 0 Å². The Labute approximate surface area is 165 Å². The van der Waals surface area contributed by atoms with Gasteiger partial charge in [0, 0.05) is 35.8 Å². The second-order valence-electron chi connectivity index (χ2n) is 5.90. The van der Waals surface area contributed by atoms with Gasteiger partial charge in [-0.05, 0) is 35.9 Å². The molecule has 1 aromatic heterocycles. The molecule has 0 aliphatic carbocycles. The lowest BCUT2D eigenvalue weighted by Crippen LogP contribution is -2.24. The van der Waals surface area contributed by atoms with E-state index in [2.05, 4.69) is 10.1 Å². The second kappa shape index (κ2) is 8.45. The van der Waals surface area contributed by atoms with Crippen LogP contribution in [0, 0.1) is 10.1 Å². The Morgan fingerprint density at radius 3 is 2.75 bits per heavy atom. The van der Waals surface area contributed by atoms with Crippen LogP contribution in [0.2, 0.25) is 5.02 Å². The van der Waals surface area contributed by atoms with Gasteiger partial charge in [-0.15, -0.1) is 0 Å². The smallest absolute Gasteiger partial charge is 0.270 e. The van der Waals surface area contributed by atoms with E-state index in [9.17, 15) is 14.9 Å². The topological polar surface area (TPSA) is 102 Å². The molecule has 3 rings (SSSR count). The number of nitrogens with zero attached hydrogens (tertiary/aromatic N) is 4. The largest absolute Gasteiger partial charge is 0.337 e. The summed E-state index contributed by atoms with van der Waals surface area (Å²) in [6.45, 7) is 0.124. The molecular formula is C19H15ClN4O4. The Balaban J connectivity index is 1.63. The molecule has 0 saturated carbocycles. The lowest BCUT2D eigenvalue weighted by atomic mass is 10.2. The Bertz CT molecular complexity index is 1030. The number of aromatic nitrogens is 2. The summed E-state index contributed by atoms with van der Waals surface area (Å²) in [7, 11) is 1.59. The summed E-state index contributed by atoms with van der Waals surface area (Å²) < 4.78 is 5.19. The molecule has 0 saturated heterocycles. The Morgan fingerprint density at radius 2 is 2.04 bits per heavy atom. The minimum absolute atomic E-state index is 0.0384. The van der Waals surface area contributed by atoms with E-state index >= 15 is 0 Å². The maximum atomic E-state index is 12.3. The van der Waals surface area contributed by atoms with Gasteiger partial charge in [-0.25, -0.2) is 0 Å². The summed E-state index contributed by atoms with van der Waals surface area (Å²) in [5, 5.41) is 15.3. The van der Waals surface area contributed by atoms with E-state index in [0.29, 0.717) is 16.4 Å². The third-order valence-electron chi connectivity index (χ3n) is 3.82. The maximum absolute atomic E-state index is 12.3. The quantitative estimate of drug-likeness (QED) is 0.353. The van der Waals surface area contributed by atoms with Gasteiger partial charge in [0.05, 0.1) is 11.5 Å². The van der Waals surface area contributed by atoms with E-state index in [-0.39, 0.29) is 24.0 Å². The highest BCUT2D eigenvalue weighted by atomic mass is 35.5. The van der Waals surface area contributed by atoms with Crippen LogP contribution in [0.25, 0.3) is 17.5 Å². The molecule has 28 heavy (non-hydrogen) atoms. The van der Waals surface area contributed by atoms with E-state index < -0.39 is 4.92 Å². The number of likely N-dealkylation sites (N-methyl/N-ethyl adjacent to an activating group) is 1. The van der Waals surface area contributed by atoms with Crippen molar-refractivity contribution in [3.63, 3.8) is 0 Å². The Kier molecular flexibility index (Phi) is 5.81. The van der Waals surface area contributed by atoms with Crippen LogP contribution < -0.4 is 0 Å². The SMILES string of the molecule is CN(Cc1nc(-c2ccc(Cl)cc2)no1)C(=O)/C=C/c1cccc([N+](=O)[O-])c1. The first kappa shape index (κ1) is 19.2. The molecule has 0 bridgehead atoms. The molecule has 8 nitrogen and oxygen atoms in total. The monoisotopic (exact) mass is 398 g/mol. The molecule has 3 aromatic rings. The summed E-state index contributed by atoms with van der Waals surface area (Å²) in [6.07, 6.45) is 2.84. The highest BCUT2D eigenvalue weighted by Gasteiger charge is 2.13. The van der Waals surface area contributed by atoms with Gasteiger partial charge in [0.15, 0.2) is 0 Å². The first-order chi connectivity index (χ1) is 13.4. The van der Waals surface area contributed by atoms with Crippen molar-refractivity contribution in [1.82, 2.24) is 15.0 Å². The molecule has 2 aromatic carbocycles. The van der Waals surface area contributed by atoms with Gasteiger partial charge in [-0.3, -0.25) is 14.9 Å². The van der Waals surface area contributed by atoms with Gasteiger partial charge in [0.2, 0.25) is 17.6 Å². The van der Waals surface area contributed by atoms with Crippen LogP contribution in [0.1, 0.15) is 11.5 Å². The van der Waals surface area contributed by atoms with Crippen LogP contribution >= 0.6 is 11.6 Å². The average Bonchev–Trinajstić information content (AvgIpc) is 3.15. The van der Waals surface area contributed by atoms with Crippen LogP contribution in [0.15, 0.2) is 59.1 Å². The molecule has 9 heteroatoms. The number of nitro groups is 1. The molecule has 0 spiro atoms. The fourth-order valence-electron chi connectivity index (χ4n) is 2.35. The van der Waals surface area contributed by atoms with Crippen molar-refractivity contribution in [2.75, 3.05) is 7.05 Å². The molecule has 0 atom stereocenters. The number of benzene rings is 2. The summed E-state index contributed by atoms with van der Waals surface area (Å²) in [5.74, 6) is 0.377. The molecule has 1 heterocycles. The minimum Gasteiger partial charge on any atom is -0.337 e. The van der Waals surface area contributed by atoms with Crippen LogP contribution in [0.3, 0.4) is 0 Å². The summed E-state index contributed by atoms with van der Waals surface area (Å²) in [6, 6.07) is 13.0. The molecule has 1 amide bonds. The molecule has 142 valence electrons. The summed E-state index contributed by atoms with van der Waals surface area (Å²) in [4.78, 5) is 28.2. The van der Waals surface area contributed by atoms with Crippen LogP contribution in [0.4, 0.5) is 5.69 Å². The van der Waals surface area contributed by atoms with E-state index in [4.69, 9.17) is 16.1 Å². The molecule has 0 radical (unpaired) electrons. The van der Waals surface area contributed by atoms with Crippen molar-refractivity contribution in [1.29, 1.82) is 0 Å². The first-order valence-electron chi connectivity index (χ1n) is 8.18. The lowest BCUT2D eigenvalue weighted by molar-refractivity contribution is -0.384. The van der Waals surface area contributed by atoms with Crippen molar-refractivity contribution in [2.24, 2.45) is 0 Å². The highest BCUT2D eigenvalue weighted by Crippen LogP contribution is 2.19. The average molecular weight is 399 g/mol. The number of carbonyl (C=O) groups is 1. The zero-order valence-corrected chi connectivity index (χ0v) is 15.5. The molecule has 0 unspecified atom stereocenters. The van der Waals surface area contributed by atoms with E-state index in [1.165, 1.54) is 29.2 Å². The third-order valence-corrected chi connectivity index (χ3v) is 4.07. The normalized spacial score (nSPS) is 10.9. The third kappa shape index (κ3) is 4.80. The second-order valence-corrected chi connectivity index (χ2v) is 6.33. The predicted octanol–water partition coefficient (Wildman–Crippen LogP) is 3.97. The number of nitro benzene ring substituents is 1. The van der Waals surface area contributed by atoms with E-state index in [1.54, 1.807) is 43.4 Å². The number of halogens is 1. The van der Waals surface area contributed by atoms with Crippen molar-refractivity contribution in [2.45, 2.75) is 6.54 Å². The van der Waals surface area contributed by atoms with Gasteiger partial charge in [-0.1, -0.05) is 28.9 Å². The van der Waals surface area contributed by atoms with Crippen molar-refractivity contribution < 1.29 is 14.2 Å². The first-order valence-corrected chi connectivity index (χ1v) is 8.56. The molecule has 0 aliphatic rings. The zero-order chi connectivity index (χ0) is 20.1. The van der Waals surface area contributed by atoms with Gasteiger partial charge in [-0.2, -0.15) is 4.98 Å². The summed E-state index contributed by atoms with van der Waals surface area (Å²) in [5.41, 5.74) is 1.27. The van der Waals surface area contributed by atoms with Gasteiger partial charge in [0.1, 0.15) is 0 Å². The standard InChI is InChI=1S/C19H15ClN4O4/c1-23(18(25)10-5-13-3-2-4-16(11-13)24(26)27)12-17-21-19(22-28-17)14-6-8-15(20)9-7-14/h2-11H,12H2,1H3/b10-5+. The predicted molar refractivity (Wildman–Crippen MR) is 103 cm³/mol. The Hall–Kier alpha value is -3.52. The number of hydrogen-bond donors (Lipinski definition) is 0. The number of amides is 1. The van der Waals surface area contributed by atoms with E-state index in [1.807, 2.05) is 0 Å².